The van der Waals surface area contributed by atoms with Crippen LogP contribution in [0.25, 0.3) is 33.3 Å². The van der Waals surface area contributed by atoms with Crippen LogP contribution >= 0.6 is 0 Å². The average molecular weight is 379 g/mol. The molecule has 28 heavy (non-hydrogen) atoms. The van der Waals surface area contributed by atoms with Crippen molar-refractivity contribution in [3.8, 4) is 11.1 Å². The molecule has 1 aliphatic rings. The van der Waals surface area contributed by atoms with Gasteiger partial charge in [-0.3, -0.25) is 9.55 Å². The molecule has 2 atom stereocenters. The maximum absolute atomic E-state index is 12.5. The molecule has 5 heterocycles. The number of ether oxygens (including phenoxy) is 2. The van der Waals surface area contributed by atoms with Gasteiger partial charge < -0.3 is 14.5 Å². The van der Waals surface area contributed by atoms with Crippen molar-refractivity contribution in [1.29, 1.82) is 0 Å². The maximum atomic E-state index is 12.5. The molecule has 4 aromatic rings. The van der Waals surface area contributed by atoms with Gasteiger partial charge in [-0.05, 0) is 31.0 Å². The van der Waals surface area contributed by atoms with E-state index in [1.165, 1.54) is 0 Å². The van der Waals surface area contributed by atoms with Crippen molar-refractivity contribution in [2.75, 3.05) is 13.7 Å². The first-order valence-corrected chi connectivity index (χ1v) is 9.38. The Morgan fingerprint density at radius 1 is 1.21 bits per heavy atom. The first-order valence-electron chi connectivity index (χ1n) is 9.38. The fraction of sp³-hybridized carbons (Fsp3) is 0.350. The van der Waals surface area contributed by atoms with E-state index in [4.69, 9.17) is 9.47 Å². The predicted octanol–water partition coefficient (Wildman–Crippen LogP) is 2.46. The van der Waals surface area contributed by atoms with E-state index in [0.29, 0.717) is 18.8 Å². The molecule has 0 saturated carbocycles. The third-order valence-electron chi connectivity index (χ3n) is 5.41. The summed E-state index contributed by atoms with van der Waals surface area (Å²) >= 11 is 0. The molecule has 4 aromatic heterocycles. The second-order valence-electron chi connectivity index (χ2n) is 7.16. The lowest BCUT2D eigenvalue weighted by Crippen LogP contribution is -2.35. The second-order valence-corrected chi connectivity index (χ2v) is 7.16. The summed E-state index contributed by atoms with van der Waals surface area (Å²) in [5.41, 5.74) is 3.90. The summed E-state index contributed by atoms with van der Waals surface area (Å²) in [5.74, 6) is 0. The molecule has 1 fully saturated rings. The Labute approximate surface area is 160 Å². The summed E-state index contributed by atoms with van der Waals surface area (Å²) in [4.78, 5) is 27.3. The molecule has 0 radical (unpaired) electrons. The van der Waals surface area contributed by atoms with E-state index in [2.05, 4.69) is 26.0 Å². The highest BCUT2D eigenvalue weighted by Crippen LogP contribution is 2.25. The van der Waals surface area contributed by atoms with Crippen molar-refractivity contribution in [3.05, 3.63) is 47.3 Å². The summed E-state index contributed by atoms with van der Waals surface area (Å²) in [6.07, 6.45) is 7.36. The molecule has 2 N–H and O–H groups in total. The van der Waals surface area contributed by atoms with Crippen LogP contribution in [0.3, 0.4) is 0 Å². The molecule has 0 spiro atoms. The van der Waals surface area contributed by atoms with E-state index >= 15 is 0 Å². The topological polar surface area (TPSA) is 97.8 Å². The van der Waals surface area contributed by atoms with Crippen molar-refractivity contribution in [1.82, 2.24) is 24.5 Å². The third kappa shape index (κ3) is 3.00. The number of hydrogen-bond acceptors (Lipinski definition) is 5. The van der Waals surface area contributed by atoms with E-state index in [-0.39, 0.29) is 17.9 Å². The number of nitrogens with zero attached hydrogens (tertiary/aromatic N) is 3. The van der Waals surface area contributed by atoms with Gasteiger partial charge in [-0.1, -0.05) is 0 Å². The highest BCUT2D eigenvalue weighted by molar-refractivity contribution is 5.84. The van der Waals surface area contributed by atoms with Crippen molar-refractivity contribution >= 4 is 22.2 Å². The molecular weight excluding hydrogens is 358 g/mol. The van der Waals surface area contributed by atoms with Crippen LogP contribution in [0.1, 0.15) is 12.8 Å². The van der Waals surface area contributed by atoms with Gasteiger partial charge in [0.25, 0.3) is 0 Å². The second kappa shape index (κ2) is 6.88. The number of aromatic amines is 2. The number of hydrogen-bond donors (Lipinski definition) is 2. The van der Waals surface area contributed by atoms with E-state index in [1.54, 1.807) is 17.9 Å². The van der Waals surface area contributed by atoms with Gasteiger partial charge in [-0.25, -0.2) is 14.8 Å². The summed E-state index contributed by atoms with van der Waals surface area (Å²) in [6, 6.07) is 6.03. The molecule has 0 unspecified atom stereocenters. The zero-order valence-corrected chi connectivity index (χ0v) is 15.5. The number of pyridine rings is 2. The SMILES string of the molecule is CO[C@@H]1CC[C@H](Cn2c(=O)[nH]c3ncc(-c4cnc5[nH]ccc5c4)cc32)OC1. The number of aromatic nitrogens is 5. The molecular formula is C20H21N5O3. The smallest absolute Gasteiger partial charge is 0.327 e. The lowest BCUT2D eigenvalue weighted by atomic mass is 10.1. The molecule has 0 amide bonds. The third-order valence-corrected chi connectivity index (χ3v) is 5.41. The van der Waals surface area contributed by atoms with Crippen LogP contribution in [0.15, 0.2) is 41.6 Å². The van der Waals surface area contributed by atoms with Crippen LogP contribution in [0, 0.1) is 0 Å². The summed E-state index contributed by atoms with van der Waals surface area (Å²) in [7, 11) is 1.70. The minimum atomic E-state index is -0.170. The molecule has 0 bridgehead atoms. The van der Waals surface area contributed by atoms with Gasteiger partial charge >= 0.3 is 5.69 Å². The predicted molar refractivity (Wildman–Crippen MR) is 105 cm³/mol. The molecule has 5 rings (SSSR count). The van der Waals surface area contributed by atoms with Gasteiger partial charge in [-0.2, -0.15) is 0 Å². The van der Waals surface area contributed by atoms with E-state index < -0.39 is 0 Å². The van der Waals surface area contributed by atoms with Crippen LogP contribution in [-0.2, 0) is 16.0 Å². The average Bonchev–Trinajstić information content (AvgIpc) is 3.32. The maximum Gasteiger partial charge on any atom is 0.327 e. The lowest BCUT2D eigenvalue weighted by Gasteiger charge is -2.28. The highest BCUT2D eigenvalue weighted by Gasteiger charge is 2.23. The van der Waals surface area contributed by atoms with Gasteiger partial charge in [0.1, 0.15) is 5.65 Å². The quantitative estimate of drug-likeness (QED) is 0.568. The van der Waals surface area contributed by atoms with E-state index in [1.807, 2.05) is 24.5 Å². The number of rotatable bonds is 4. The van der Waals surface area contributed by atoms with Gasteiger partial charge in [-0.15, -0.1) is 0 Å². The Morgan fingerprint density at radius 2 is 2.04 bits per heavy atom. The minimum Gasteiger partial charge on any atom is -0.379 e. The number of methoxy groups -OCH3 is 1. The minimum absolute atomic E-state index is 0.00960. The van der Waals surface area contributed by atoms with Crippen LogP contribution in [0.2, 0.25) is 0 Å². The molecule has 144 valence electrons. The normalized spacial score (nSPS) is 20.2. The van der Waals surface area contributed by atoms with Crippen LogP contribution in [0.4, 0.5) is 0 Å². The summed E-state index contributed by atoms with van der Waals surface area (Å²) in [5, 5.41) is 1.03. The fourth-order valence-electron chi connectivity index (χ4n) is 3.79. The Hall–Kier alpha value is -2.97. The van der Waals surface area contributed by atoms with E-state index in [0.717, 1.165) is 40.5 Å². The molecule has 1 saturated heterocycles. The molecule has 0 aromatic carbocycles. The zero-order valence-electron chi connectivity index (χ0n) is 15.5. The Balaban J connectivity index is 1.49. The Morgan fingerprint density at radius 3 is 2.82 bits per heavy atom. The van der Waals surface area contributed by atoms with Crippen molar-refractivity contribution in [3.63, 3.8) is 0 Å². The van der Waals surface area contributed by atoms with Crippen LogP contribution in [-0.4, -0.2) is 50.4 Å². The number of fused-ring (bicyclic) bond motifs is 2. The molecule has 8 heteroatoms. The van der Waals surface area contributed by atoms with Gasteiger partial charge in [0, 0.05) is 42.2 Å². The summed E-state index contributed by atoms with van der Waals surface area (Å²) in [6.45, 7) is 1.06. The summed E-state index contributed by atoms with van der Waals surface area (Å²) < 4.78 is 12.9. The zero-order chi connectivity index (χ0) is 19.1. The lowest BCUT2D eigenvalue weighted by molar-refractivity contribution is -0.0757. The Kier molecular flexibility index (Phi) is 4.22. The number of imidazole rings is 1. The number of nitrogens with one attached hydrogen (secondary N) is 2. The Bertz CT molecular complexity index is 1180. The standard InChI is InChI=1S/C20H21N5O3/c1-27-16-3-2-15(28-11-16)10-25-17-7-14(9-23-19(17)24-20(25)26)13-6-12-4-5-21-18(12)22-8-13/h4-9,15-16H,2-3,10-11H2,1H3,(H,21,22)(H,23,24,26)/t15-,16-/m1/s1. The first kappa shape index (κ1) is 17.2. The van der Waals surface area contributed by atoms with Crippen molar-refractivity contribution in [2.24, 2.45) is 0 Å². The largest absolute Gasteiger partial charge is 0.379 e. The highest BCUT2D eigenvalue weighted by atomic mass is 16.5. The molecule has 8 nitrogen and oxygen atoms in total. The number of H-pyrrole nitrogens is 2. The molecule has 1 aliphatic heterocycles. The van der Waals surface area contributed by atoms with Crippen molar-refractivity contribution < 1.29 is 9.47 Å². The van der Waals surface area contributed by atoms with Gasteiger partial charge in [0.05, 0.1) is 30.9 Å². The van der Waals surface area contributed by atoms with Gasteiger partial charge in [0.2, 0.25) is 0 Å². The van der Waals surface area contributed by atoms with E-state index in [9.17, 15) is 4.79 Å². The monoisotopic (exact) mass is 379 g/mol. The van der Waals surface area contributed by atoms with Crippen LogP contribution in [0.5, 0.6) is 0 Å². The molecule has 0 aliphatic carbocycles. The fourth-order valence-corrected chi connectivity index (χ4v) is 3.79. The van der Waals surface area contributed by atoms with Crippen molar-refractivity contribution in [2.45, 2.75) is 31.6 Å². The first-order chi connectivity index (χ1) is 13.7. The van der Waals surface area contributed by atoms with Crippen LogP contribution < -0.4 is 5.69 Å². The van der Waals surface area contributed by atoms with Gasteiger partial charge in [0.15, 0.2) is 5.65 Å².